The molecular weight excluding hydrogens is 820 g/mol. The molecule has 2 unspecified atom stereocenters. The third-order valence-electron chi connectivity index (χ3n) is 14.3. The van der Waals surface area contributed by atoms with Crippen molar-refractivity contribution in [3.63, 3.8) is 0 Å². The number of amides is 1. The van der Waals surface area contributed by atoms with Gasteiger partial charge in [0.05, 0.1) is 29.1 Å². The molecule has 0 spiro atoms. The summed E-state index contributed by atoms with van der Waals surface area (Å²) in [4.78, 5) is 30.6. The molecule has 63 heavy (non-hydrogen) atoms. The van der Waals surface area contributed by atoms with Crippen LogP contribution >= 0.6 is 11.6 Å². The second-order valence-corrected chi connectivity index (χ2v) is 18.8. The van der Waals surface area contributed by atoms with E-state index < -0.39 is 12.0 Å². The lowest BCUT2D eigenvalue weighted by molar-refractivity contribution is -0.121. The Labute approximate surface area is 372 Å². The second kappa shape index (κ2) is 16.3. The molecule has 4 fully saturated rings. The van der Waals surface area contributed by atoms with Gasteiger partial charge < -0.3 is 30.7 Å². The van der Waals surface area contributed by atoms with Gasteiger partial charge in [-0.3, -0.25) is 14.4 Å². The van der Waals surface area contributed by atoms with Crippen molar-refractivity contribution in [2.45, 2.75) is 69.2 Å². The van der Waals surface area contributed by atoms with Crippen molar-refractivity contribution >= 4 is 62.9 Å². The average molecular weight is 877 g/mol. The van der Waals surface area contributed by atoms with Gasteiger partial charge in [0.25, 0.3) is 5.92 Å². The number of rotatable bonds is 9. The van der Waals surface area contributed by atoms with Gasteiger partial charge in [0.15, 0.2) is 5.82 Å². The van der Waals surface area contributed by atoms with E-state index in [2.05, 4.69) is 73.6 Å². The van der Waals surface area contributed by atoms with E-state index in [1.807, 2.05) is 41.9 Å². The minimum atomic E-state index is -2.79. The zero-order chi connectivity index (χ0) is 43.7. The minimum Gasteiger partial charge on any atom is -0.375 e. The maximum atomic E-state index is 15.4. The summed E-state index contributed by atoms with van der Waals surface area (Å²) in [5, 5.41) is 16.0. The summed E-state index contributed by atoms with van der Waals surface area (Å²) >= 11 is 6.69. The topological polar surface area (TPSA) is 110 Å². The van der Waals surface area contributed by atoms with Crippen LogP contribution in [0.1, 0.15) is 74.1 Å². The molecule has 3 N–H and O–H groups in total. The number of nitrogens with one attached hydrogen (secondary N) is 3. The lowest BCUT2D eigenvalue weighted by Crippen LogP contribution is -2.48. The number of nitrogens with zero attached hydrogens (tertiary/aromatic N) is 8. The zero-order valence-corrected chi connectivity index (χ0v) is 37.0. The number of hydrogen-bond donors (Lipinski definition) is 3. The SMILES string of the molecule is C=C1NC(=O)CCC1c1nn(C)c2cc(C(=C)N3CCN(CC4CCN(c5ncc(Cl)c(Nc6ccc7c(c6)C6=C(CCC(F)(F)C(C8CC8)N6)C(=C)N7C)n5)CC4)CC3)ccc12. The Bertz CT molecular complexity index is 2550. The molecule has 6 aliphatic rings. The molecule has 2 aromatic heterocycles. The highest BCUT2D eigenvalue weighted by Crippen LogP contribution is 2.49. The number of carbonyl (C=O) groups excluding carboxylic acids is 1. The number of anilines is 4. The van der Waals surface area contributed by atoms with Crippen LogP contribution in [0.5, 0.6) is 0 Å². The third-order valence-corrected chi connectivity index (χ3v) is 14.6. The van der Waals surface area contributed by atoms with Gasteiger partial charge in [-0.15, -0.1) is 0 Å². The maximum Gasteiger partial charge on any atom is 0.268 e. The number of likely N-dealkylation sites (N-methyl/N-ethyl adjacent to an activating group) is 1. The van der Waals surface area contributed by atoms with E-state index in [-0.39, 0.29) is 30.6 Å². The average Bonchev–Trinajstić information content (AvgIpc) is 4.08. The molecule has 3 saturated heterocycles. The Morgan fingerprint density at radius 1 is 0.984 bits per heavy atom. The van der Waals surface area contributed by atoms with Gasteiger partial charge in [0.2, 0.25) is 11.9 Å². The summed E-state index contributed by atoms with van der Waals surface area (Å²) in [5.41, 5.74) is 9.75. The summed E-state index contributed by atoms with van der Waals surface area (Å²) < 4.78 is 32.7. The van der Waals surface area contributed by atoms with Crippen LogP contribution in [0, 0.1) is 11.8 Å². The summed E-state index contributed by atoms with van der Waals surface area (Å²) in [6.07, 6.45) is 6.65. The third kappa shape index (κ3) is 7.94. The quantitative estimate of drug-likeness (QED) is 0.152. The molecule has 12 nitrogen and oxygen atoms in total. The smallest absolute Gasteiger partial charge is 0.268 e. The zero-order valence-electron chi connectivity index (χ0n) is 36.2. The van der Waals surface area contributed by atoms with Crippen molar-refractivity contribution in [2.24, 2.45) is 18.9 Å². The molecule has 0 bridgehead atoms. The summed E-state index contributed by atoms with van der Waals surface area (Å²) in [5.74, 6) is -1.05. The van der Waals surface area contributed by atoms with Crippen molar-refractivity contribution in [1.82, 2.24) is 40.2 Å². The molecule has 2 aromatic carbocycles. The number of fused-ring (bicyclic) bond motifs is 3. The molecule has 1 aliphatic carbocycles. The van der Waals surface area contributed by atoms with E-state index >= 15 is 8.78 Å². The van der Waals surface area contributed by atoms with E-state index in [0.29, 0.717) is 35.5 Å². The minimum absolute atomic E-state index is 0.00951. The fourth-order valence-electron chi connectivity index (χ4n) is 10.4. The van der Waals surface area contributed by atoms with Crippen molar-refractivity contribution in [3.05, 3.63) is 101 Å². The van der Waals surface area contributed by atoms with Crippen LogP contribution in [0.25, 0.3) is 22.3 Å². The van der Waals surface area contributed by atoms with Crippen LogP contribution in [0.2, 0.25) is 5.02 Å². The van der Waals surface area contributed by atoms with Crippen LogP contribution in [0.3, 0.4) is 0 Å². The first-order valence-electron chi connectivity index (χ1n) is 22.4. The Morgan fingerprint density at radius 3 is 2.51 bits per heavy atom. The van der Waals surface area contributed by atoms with E-state index in [9.17, 15) is 4.79 Å². The molecule has 330 valence electrons. The highest BCUT2D eigenvalue weighted by Gasteiger charge is 2.50. The summed E-state index contributed by atoms with van der Waals surface area (Å²) in [7, 11) is 3.91. The first-order valence-corrected chi connectivity index (χ1v) is 22.8. The molecular formula is C48H56ClF2N11O. The molecule has 5 aliphatic heterocycles. The van der Waals surface area contributed by atoms with Gasteiger partial charge in [-0.1, -0.05) is 43.5 Å². The molecule has 7 heterocycles. The molecule has 0 radical (unpaired) electrons. The number of piperidine rings is 2. The largest absolute Gasteiger partial charge is 0.375 e. The van der Waals surface area contributed by atoms with Gasteiger partial charge in [-0.2, -0.15) is 10.1 Å². The lowest BCUT2D eigenvalue weighted by atomic mass is 9.90. The van der Waals surface area contributed by atoms with Gasteiger partial charge in [-0.05, 0) is 85.8 Å². The van der Waals surface area contributed by atoms with Gasteiger partial charge in [-0.25, -0.2) is 13.8 Å². The number of aryl methyl sites for hydroxylation is 1. The van der Waals surface area contributed by atoms with Crippen LogP contribution in [-0.2, 0) is 11.8 Å². The Balaban J connectivity index is 0.743. The number of benzene rings is 2. The number of carbonyl (C=O) groups is 1. The number of allylic oxidation sites excluding steroid dienone is 2. The predicted molar refractivity (Wildman–Crippen MR) is 247 cm³/mol. The molecule has 4 aromatic rings. The van der Waals surface area contributed by atoms with Gasteiger partial charge in [0, 0.05) is 118 Å². The van der Waals surface area contributed by atoms with Crippen molar-refractivity contribution < 1.29 is 13.6 Å². The highest BCUT2D eigenvalue weighted by atomic mass is 35.5. The standard InChI is InChI=1S/C48H56ClF2N11O/c1-28-35(11-13-42(63)53-28)44-37-10-8-33(24-41(37)59(5)57-44)29(2)61-22-20-60(21-23-61)27-31-15-18-62(19-16-31)47-52-26-39(49)46(56-47)54-34-9-12-40-38(25-34)43-36(30(3)58(40)4)14-17-48(50,51)45(55-43)32-6-7-32/h8-10,12,24-26,31-32,35,45,55H,1-3,6-7,11,13-23,27H2,4-5H3,(H,53,63)(H,52,54,56). The Hall–Kier alpha value is -5.47. The predicted octanol–water partition coefficient (Wildman–Crippen LogP) is 8.24. The molecule has 10 rings (SSSR count). The Kier molecular flexibility index (Phi) is 10.7. The first kappa shape index (κ1) is 41.5. The highest BCUT2D eigenvalue weighted by molar-refractivity contribution is 6.33. The monoisotopic (exact) mass is 875 g/mol. The number of hydrogen-bond acceptors (Lipinski definition) is 10. The Morgan fingerprint density at radius 2 is 1.76 bits per heavy atom. The normalized spacial score (nSPS) is 23.3. The van der Waals surface area contributed by atoms with E-state index in [0.717, 1.165) is 139 Å². The fourth-order valence-corrected chi connectivity index (χ4v) is 10.5. The molecule has 1 amide bonds. The maximum absolute atomic E-state index is 15.4. The second-order valence-electron chi connectivity index (χ2n) is 18.4. The van der Waals surface area contributed by atoms with Crippen LogP contribution in [0.4, 0.5) is 31.9 Å². The van der Waals surface area contributed by atoms with Gasteiger partial charge in [0.1, 0.15) is 5.02 Å². The first-order chi connectivity index (χ1) is 30.3. The van der Waals surface area contributed by atoms with Crippen LogP contribution in [0.15, 0.2) is 79.3 Å². The van der Waals surface area contributed by atoms with Crippen LogP contribution < -0.4 is 25.8 Å². The molecule has 1 saturated carbocycles. The number of aromatic nitrogens is 4. The lowest BCUT2D eigenvalue weighted by Gasteiger charge is -2.40. The molecule has 2 atom stereocenters. The van der Waals surface area contributed by atoms with E-state index in [4.69, 9.17) is 21.7 Å². The van der Waals surface area contributed by atoms with E-state index in [1.54, 1.807) is 6.20 Å². The van der Waals surface area contributed by atoms with Crippen molar-refractivity contribution in [1.29, 1.82) is 0 Å². The molecule has 15 heteroatoms. The van der Waals surface area contributed by atoms with Crippen LogP contribution in [-0.4, -0.2) is 100 Å². The van der Waals surface area contributed by atoms with Gasteiger partial charge >= 0.3 is 0 Å². The summed E-state index contributed by atoms with van der Waals surface area (Å²) in [6, 6.07) is 11.6. The number of piperazine rings is 1. The number of halogens is 3. The summed E-state index contributed by atoms with van der Waals surface area (Å²) in [6.45, 7) is 19.5. The van der Waals surface area contributed by atoms with E-state index in [1.165, 1.54) is 0 Å². The van der Waals surface area contributed by atoms with Crippen molar-refractivity contribution in [2.75, 3.05) is 68.0 Å². The fraction of sp³-hybridized carbons (Fsp3) is 0.458. The van der Waals surface area contributed by atoms with Crippen molar-refractivity contribution in [3.8, 4) is 0 Å². The number of alkyl halides is 2.